The second kappa shape index (κ2) is 6.95. The Hall–Kier alpha value is -1.53. The van der Waals surface area contributed by atoms with Crippen molar-refractivity contribution in [2.45, 2.75) is 25.4 Å². The molecule has 0 N–H and O–H groups in total. The maximum atomic E-state index is 12.3. The minimum atomic E-state index is 0.0274. The Morgan fingerprint density at radius 3 is 2.76 bits per heavy atom. The molecule has 0 aromatic carbocycles. The van der Waals surface area contributed by atoms with Gasteiger partial charge in [0, 0.05) is 19.3 Å². The highest BCUT2D eigenvalue weighted by molar-refractivity contribution is 5.78. The Morgan fingerprint density at radius 2 is 2.10 bits per heavy atom. The van der Waals surface area contributed by atoms with E-state index in [9.17, 15) is 4.79 Å². The predicted molar refractivity (Wildman–Crippen MR) is 81.7 cm³/mol. The molecule has 2 heterocycles. The fourth-order valence-corrected chi connectivity index (χ4v) is 2.68. The van der Waals surface area contributed by atoms with Gasteiger partial charge in [0.1, 0.15) is 0 Å². The maximum Gasteiger partial charge on any atom is 0.237 e. The molecule has 1 atom stereocenters. The van der Waals surface area contributed by atoms with Gasteiger partial charge in [0.2, 0.25) is 5.91 Å². The van der Waals surface area contributed by atoms with Gasteiger partial charge in [-0.15, -0.1) is 0 Å². The lowest BCUT2D eigenvalue weighted by atomic mass is 10.2. The van der Waals surface area contributed by atoms with Crippen LogP contribution in [-0.2, 0) is 11.3 Å². The molecule has 1 aliphatic heterocycles. The van der Waals surface area contributed by atoms with Gasteiger partial charge in [-0.05, 0) is 47.1 Å². The van der Waals surface area contributed by atoms with Crippen molar-refractivity contribution in [2.24, 2.45) is 0 Å². The van der Waals surface area contributed by atoms with E-state index in [1.54, 1.807) is 6.20 Å². The molecule has 1 saturated heterocycles. The third-order valence-corrected chi connectivity index (χ3v) is 3.53. The molecule has 6 heteroatoms. The highest BCUT2D eigenvalue weighted by Crippen LogP contribution is 2.29. The number of likely N-dealkylation sites (N-methyl/N-ethyl adjacent to an activating group) is 1. The molecule has 0 bridgehead atoms. The zero-order valence-corrected chi connectivity index (χ0v) is 13.4. The Labute approximate surface area is 126 Å². The van der Waals surface area contributed by atoms with Crippen LogP contribution < -0.4 is 0 Å². The van der Waals surface area contributed by atoms with Crippen LogP contribution in [0.5, 0.6) is 0 Å². The van der Waals surface area contributed by atoms with Crippen LogP contribution in [0.2, 0.25) is 0 Å². The van der Waals surface area contributed by atoms with E-state index >= 15 is 0 Å². The average Bonchev–Trinajstić information content (AvgIpc) is 2.86. The SMILES string of the molecule is CN(C)CC(=O)N1CCC[C@H]1c1nccc(CN(C)C)n1. The van der Waals surface area contributed by atoms with Gasteiger partial charge in [-0.1, -0.05) is 0 Å². The topological polar surface area (TPSA) is 52.6 Å². The van der Waals surface area contributed by atoms with E-state index in [2.05, 4.69) is 14.9 Å². The molecule has 21 heavy (non-hydrogen) atoms. The summed E-state index contributed by atoms with van der Waals surface area (Å²) in [5.74, 6) is 0.933. The third-order valence-electron chi connectivity index (χ3n) is 3.53. The molecule has 0 radical (unpaired) electrons. The van der Waals surface area contributed by atoms with E-state index in [1.165, 1.54) is 0 Å². The maximum absolute atomic E-state index is 12.3. The van der Waals surface area contributed by atoms with Crippen molar-refractivity contribution >= 4 is 5.91 Å². The molecule has 0 aliphatic carbocycles. The van der Waals surface area contributed by atoms with E-state index in [0.29, 0.717) is 6.54 Å². The van der Waals surface area contributed by atoms with E-state index in [4.69, 9.17) is 0 Å². The molecular weight excluding hydrogens is 266 g/mol. The number of aromatic nitrogens is 2. The van der Waals surface area contributed by atoms with Gasteiger partial charge in [0.15, 0.2) is 5.82 Å². The summed E-state index contributed by atoms with van der Waals surface area (Å²) in [6, 6.07) is 1.96. The number of carbonyl (C=O) groups excluding carboxylic acids is 1. The summed E-state index contributed by atoms with van der Waals surface area (Å²) in [6.07, 6.45) is 3.77. The smallest absolute Gasteiger partial charge is 0.237 e. The van der Waals surface area contributed by atoms with Gasteiger partial charge >= 0.3 is 0 Å². The number of hydrogen-bond donors (Lipinski definition) is 0. The minimum absolute atomic E-state index is 0.0274. The van der Waals surface area contributed by atoms with Crippen molar-refractivity contribution in [3.63, 3.8) is 0 Å². The minimum Gasteiger partial charge on any atom is -0.331 e. The van der Waals surface area contributed by atoms with Gasteiger partial charge in [-0.3, -0.25) is 4.79 Å². The molecule has 0 saturated carbocycles. The predicted octanol–water partition coefficient (Wildman–Crippen LogP) is 0.763. The standard InChI is InChI=1S/C15H25N5O/c1-18(2)10-12-7-8-16-15(17-12)13-6-5-9-20(13)14(21)11-19(3)4/h7-8,13H,5-6,9-11H2,1-4H3/t13-/m0/s1. The van der Waals surface area contributed by atoms with Crippen LogP contribution in [0, 0.1) is 0 Å². The molecule has 1 aliphatic rings. The lowest BCUT2D eigenvalue weighted by molar-refractivity contribution is -0.132. The summed E-state index contributed by atoms with van der Waals surface area (Å²) in [5.41, 5.74) is 0.997. The molecule has 0 unspecified atom stereocenters. The molecule has 1 amide bonds. The van der Waals surface area contributed by atoms with Gasteiger partial charge in [0.25, 0.3) is 0 Å². The van der Waals surface area contributed by atoms with Gasteiger partial charge in [0.05, 0.1) is 18.3 Å². The molecule has 1 aromatic rings. The van der Waals surface area contributed by atoms with E-state index in [1.807, 2.05) is 44.1 Å². The zero-order valence-electron chi connectivity index (χ0n) is 13.4. The van der Waals surface area contributed by atoms with Crippen molar-refractivity contribution in [1.29, 1.82) is 0 Å². The summed E-state index contributed by atoms with van der Waals surface area (Å²) in [4.78, 5) is 27.3. The molecule has 1 fully saturated rings. The first-order valence-electron chi connectivity index (χ1n) is 7.38. The molecule has 2 rings (SSSR count). The van der Waals surface area contributed by atoms with Crippen molar-refractivity contribution in [3.8, 4) is 0 Å². The monoisotopic (exact) mass is 291 g/mol. The van der Waals surface area contributed by atoms with Gasteiger partial charge < -0.3 is 14.7 Å². The lowest BCUT2D eigenvalue weighted by Crippen LogP contribution is -2.37. The molecule has 116 valence electrons. The van der Waals surface area contributed by atoms with Crippen LogP contribution in [0.3, 0.4) is 0 Å². The normalized spacial score (nSPS) is 18.8. The summed E-state index contributed by atoms with van der Waals surface area (Å²) < 4.78 is 0. The van der Waals surface area contributed by atoms with E-state index in [-0.39, 0.29) is 11.9 Å². The first-order chi connectivity index (χ1) is 9.97. The Balaban J connectivity index is 2.14. The van der Waals surface area contributed by atoms with Crippen LogP contribution in [-0.4, -0.2) is 71.9 Å². The van der Waals surface area contributed by atoms with Crippen molar-refractivity contribution in [2.75, 3.05) is 41.3 Å². The number of amides is 1. The van der Waals surface area contributed by atoms with Gasteiger partial charge in [-0.2, -0.15) is 0 Å². The lowest BCUT2D eigenvalue weighted by Gasteiger charge is -2.25. The second-order valence-electron chi connectivity index (χ2n) is 6.13. The number of hydrogen-bond acceptors (Lipinski definition) is 5. The number of rotatable bonds is 5. The van der Waals surface area contributed by atoms with E-state index in [0.717, 1.165) is 37.4 Å². The summed E-state index contributed by atoms with van der Waals surface area (Å²) in [6.45, 7) is 2.03. The van der Waals surface area contributed by atoms with Crippen LogP contribution in [0.4, 0.5) is 0 Å². The molecular formula is C15H25N5O. The number of nitrogens with zero attached hydrogens (tertiary/aromatic N) is 5. The fraction of sp³-hybridized carbons (Fsp3) is 0.667. The number of carbonyl (C=O) groups is 1. The van der Waals surface area contributed by atoms with Crippen LogP contribution in [0.1, 0.15) is 30.4 Å². The van der Waals surface area contributed by atoms with Crippen LogP contribution >= 0.6 is 0 Å². The number of likely N-dealkylation sites (tertiary alicyclic amines) is 1. The van der Waals surface area contributed by atoms with Crippen molar-refractivity contribution < 1.29 is 4.79 Å². The average molecular weight is 291 g/mol. The summed E-state index contributed by atoms with van der Waals surface area (Å²) >= 11 is 0. The largest absolute Gasteiger partial charge is 0.331 e. The first-order valence-corrected chi connectivity index (χ1v) is 7.38. The Bertz CT molecular complexity index is 489. The highest BCUT2D eigenvalue weighted by atomic mass is 16.2. The second-order valence-corrected chi connectivity index (χ2v) is 6.13. The molecule has 6 nitrogen and oxygen atoms in total. The van der Waals surface area contributed by atoms with Crippen molar-refractivity contribution in [3.05, 3.63) is 23.8 Å². The Kier molecular flexibility index (Phi) is 5.25. The Morgan fingerprint density at radius 1 is 1.33 bits per heavy atom. The third kappa shape index (κ3) is 4.22. The summed E-state index contributed by atoms with van der Waals surface area (Å²) in [5, 5.41) is 0. The highest BCUT2D eigenvalue weighted by Gasteiger charge is 2.31. The fourth-order valence-electron chi connectivity index (χ4n) is 2.68. The first kappa shape index (κ1) is 15.9. The van der Waals surface area contributed by atoms with E-state index < -0.39 is 0 Å². The van der Waals surface area contributed by atoms with Crippen LogP contribution in [0.25, 0.3) is 0 Å². The molecule has 1 aromatic heterocycles. The zero-order chi connectivity index (χ0) is 15.4. The van der Waals surface area contributed by atoms with Gasteiger partial charge in [-0.25, -0.2) is 9.97 Å². The van der Waals surface area contributed by atoms with Crippen molar-refractivity contribution in [1.82, 2.24) is 24.7 Å². The quantitative estimate of drug-likeness (QED) is 0.802. The summed E-state index contributed by atoms with van der Waals surface area (Å²) in [7, 11) is 7.86. The molecule has 0 spiro atoms. The van der Waals surface area contributed by atoms with Crippen LogP contribution in [0.15, 0.2) is 12.3 Å².